The summed E-state index contributed by atoms with van der Waals surface area (Å²) in [6.45, 7) is -0.590. The van der Waals surface area contributed by atoms with Gasteiger partial charge in [-0.25, -0.2) is 0 Å². The van der Waals surface area contributed by atoms with Gasteiger partial charge in [0.25, 0.3) is 0 Å². The van der Waals surface area contributed by atoms with E-state index in [1.165, 1.54) is 19.2 Å². The molecule has 156 valence electrons. The van der Waals surface area contributed by atoms with E-state index in [1.54, 1.807) is 18.2 Å². The summed E-state index contributed by atoms with van der Waals surface area (Å²) in [5, 5.41) is 2.73. The number of hydrogen-bond acceptors (Lipinski definition) is 4. The van der Waals surface area contributed by atoms with Gasteiger partial charge in [-0.05, 0) is 36.1 Å². The Morgan fingerprint density at radius 2 is 1.69 bits per heavy atom. The summed E-state index contributed by atoms with van der Waals surface area (Å²) in [5.74, 6) is -0.151. The smallest absolute Gasteiger partial charge is 0.387 e. The quantitative estimate of drug-likeness (QED) is 0.570. The molecule has 0 aromatic heterocycles. The Morgan fingerprint density at radius 3 is 2.31 bits per heavy atom. The first-order valence-corrected chi connectivity index (χ1v) is 9.43. The van der Waals surface area contributed by atoms with E-state index in [0.717, 1.165) is 12.0 Å². The lowest BCUT2D eigenvalue weighted by Crippen LogP contribution is -2.26. The van der Waals surface area contributed by atoms with Crippen LogP contribution < -0.4 is 14.8 Å². The molecule has 29 heavy (non-hydrogen) atoms. The molecule has 2 aromatic rings. The molecule has 0 atom stereocenters. The highest BCUT2D eigenvalue weighted by Gasteiger charge is 2.12. The minimum absolute atomic E-state index is 0.0500. The third kappa shape index (κ3) is 7.18. The first-order chi connectivity index (χ1) is 13.9. The summed E-state index contributed by atoms with van der Waals surface area (Å²) in [4.78, 5) is 24.1. The third-order valence-corrected chi connectivity index (χ3v) is 4.44. The number of halogens is 2. The lowest BCUT2D eigenvalue weighted by molar-refractivity contribution is -0.121. The Kier molecular flexibility index (Phi) is 8.58. The van der Waals surface area contributed by atoms with E-state index >= 15 is 0 Å². The highest BCUT2D eigenvalue weighted by Crippen LogP contribution is 2.29. The van der Waals surface area contributed by atoms with Crippen LogP contribution in [-0.4, -0.2) is 32.0 Å². The number of aryl methyl sites for hydroxylation is 1. The van der Waals surface area contributed by atoms with Gasteiger partial charge in [0.2, 0.25) is 5.91 Å². The molecule has 0 aliphatic rings. The zero-order chi connectivity index (χ0) is 21.2. The molecule has 2 rings (SSSR count). The van der Waals surface area contributed by atoms with E-state index in [4.69, 9.17) is 4.74 Å². The van der Waals surface area contributed by atoms with Crippen LogP contribution in [0.5, 0.6) is 11.5 Å². The Hall–Kier alpha value is -2.96. The predicted molar refractivity (Wildman–Crippen MR) is 106 cm³/mol. The maximum atomic E-state index is 12.5. The van der Waals surface area contributed by atoms with Crippen LogP contribution in [0.15, 0.2) is 42.5 Å². The van der Waals surface area contributed by atoms with Crippen molar-refractivity contribution in [1.82, 2.24) is 5.32 Å². The van der Waals surface area contributed by atoms with Crippen molar-refractivity contribution in [3.8, 4) is 11.5 Å². The second-order valence-corrected chi connectivity index (χ2v) is 6.44. The fraction of sp³-hybridized carbons (Fsp3) is 0.364. The number of alkyl halides is 2. The van der Waals surface area contributed by atoms with Crippen molar-refractivity contribution in [2.45, 2.75) is 39.2 Å². The van der Waals surface area contributed by atoms with Gasteiger partial charge < -0.3 is 14.8 Å². The molecule has 0 spiro atoms. The van der Waals surface area contributed by atoms with Crippen LogP contribution in [0.1, 0.15) is 41.3 Å². The second-order valence-electron chi connectivity index (χ2n) is 6.44. The average Bonchev–Trinajstić information content (AvgIpc) is 2.72. The molecule has 0 fully saturated rings. The second kappa shape index (κ2) is 11.1. The van der Waals surface area contributed by atoms with Crippen LogP contribution in [0.3, 0.4) is 0 Å². The Labute approximate surface area is 169 Å². The molecule has 1 amide bonds. The number of amides is 1. The maximum Gasteiger partial charge on any atom is 0.387 e. The van der Waals surface area contributed by atoms with Crippen molar-refractivity contribution >= 4 is 11.7 Å². The van der Waals surface area contributed by atoms with E-state index in [2.05, 4.69) is 10.1 Å². The molecule has 0 heterocycles. The summed E-state index contributed by atoms with van der Waals surface area (Å²) >= 11 is 0. The van der Waals surface area contributed by atoms with Gasteiger partial charge in [-0.3, -0.25) is 9.59 Å². The number of Topliss-reactive ketones (excluding diaryl/α,β-unsaturated/α-hetero) is 1. The number of nitrogens with one attached hydrogen (secondary N) is 1. The molecular formula is C22H25F2NO4. The van der Waals surface area contributed by atoms with E-state index < -0.39 is 6.61 Å². The number of methoxy groups -OCH3 is 1. The first kappa shape index (κ1) is 22.3. The first-order valence-electron chi connectivity index (χ1n) is 9.43. The summed E-state index contributed by atoms with van der Waals surface area (Å²) in [7, 11) is 1.37. The van der Waals surface area contributed by atoms with Crippen molar-refractivity contribution in [3.05, 3.63) is 59.2 Å². The van der Waals surface area contributed by atoms with Crippen LogP contribution in [-0.2, 0) is 17.6 Å². The molecule has 0 radical (unpaired) electrons. The fourth-order valence-electron chi connectivity index (χ4n) is 2.80. The number of ketones is 1. The van der Waals surface area contributed by atoms with Crippen LogP contribution in [0.25, 0.3) is 0 Å². The molecule has 0 aliphatic carbocycles. The standard InChI is InChI=1S/C22H25F2NO4/c1-3-15-4-7-17(8-5-15)18(26)9-11-21(27)25-13-12-16-6-10-19(28-2)20(14-16)29-22(23)24/h4-8,10,14,22H,3,9,11-13H2,1-2H3,(H,25,27). The zero-order valence-electron chi connectivity index (χ0n) is 16.5. The van der Waals surface area contributed by atoms with Crippen molar-refractivity contribution in [2.24, 2.45) is 0 Å². The largest absolute Gasteiger partial charge is 0.493 e. The monoisotopic (exact) mass is 405 g/mol. The van der Waals surface area contributed by atoms with Gasteiger partial charge in [-0.1, -0.05) is 37.3 Å². The maximum absolute atomic E-state index is 12.5. The van der Waals surface area contributed by atoms with Gasteiger partial charge in [0.15, 0.2) is 17.3 Å². The lowest BCUT2D eigenvalue weighted by atomic mass is 10.0. The number of carbonyl (C=O) groups excluding carboxylic acids is 2. The normalized spacial score (nSPS) is 10.7. The molecule has 0 bridgehead atoms. The minimum Gasteiger partial charge on any atom is -0.493 e. The average molecular weight is 405 g/mol. The number of rotatable bonds is 11. The van der Waals surface area contributed by atoms with Gasteiger partial charge in [-0.15, -0.1) is 0 Å². The van der Waals surface area contributed by atoms with Gasteiger partial charge in [0.1, 0.15) is 0 Å². The van der Waals surface area contributed by atoms with Crippen molar-refractivity contribution < 1.29 is 27.8 Å². The number of hydrogen-bond donors (Lipinski definition) is 1. The molecule has 1 N–H and O–H groups in total. The Balaban J connectivity index is 1.78. The summed E-state index contributed by atoms with van der Waals surface area (Å²) < 4.78 is 34.4. The molecule has 5 nitrogen and oxygen atoms in total. The minimum atomic E-state index is -2.95. The number of benzene rings is 2. The molecule has 0 unspecified atom stereocenters. The van der Waals surface area contributed by atoms with Gasteiger partial charge >= 0.3 is 6.61 Å². The topological polar surface area (TPSA) is 64.6 Å². The highest BCUT2D eigenvalue weighted by molar-refractivity contribution is 5.97. The van der Waals surface area contributed by atoms with E-state index in [9.17, 15) is 18.4 Å². The fourth-order valence-corrected chi connectivity index (χ4v) is 2.80. The van der Waals surface area contributed by atoms with E-state index in [1.807, 2.05) is 19.1 Å². The zero-order valence-corrected chi connectivity index (χ0v) is 16.5. The number of ether oxygens (including phenoxy) is 2. The van der Waals surface area contributed by atoms with Crippen molar-refractivity contribution in [1.29, 1.82) is 0 Å². The van der Waals surface area contributed by atoms with Crippen LogP contribution in [0.4, 0.5) is 8.78 Å². The molecule has 0 saturated heterocycles. The van der Waals surface area contributed by atoms with E-state index in [0.29, 0.717) is 24.1 Å². The molecule has 0 aliphatic heterocycles. The third-order valence-electron chi connectivity index (χ3n) is 4.44. The summed E-state index contributed by atoms with van der Waals surface area (Å²) in [5.41, 5.74) is 2.47. The predicted octanol–water partition coefficient (Wildman–Crippen LogP) is 4.18. The van der Waals surface area contributed by atoms with Crippen LogP contribution >= 0.6 is 0 Å². The van der Waals surface area contributed by atoms with E-state index in [-0.39, 0.29) is 36.0 Å². The Morgan fingerprint density at radius 1 is 1.00 bits per heavy atom. The molecule has 0 saturated carbocycles. The SMILES string of the molecule is CCc1ccc(C(=O)CCC(=O)NCCc2ccc(OC)c(OC(F)F)c2)cc1. The molecule has 2 aromatic carbocycles. The highest BCUT2D eigenvalue weighted by atomic mass is 19.3. The van der Waals surface area contributed by atoms with Crippen LogP contribution in [0, 0.1) is 0 Å². The van der Waals surface area contributed by atoms with Crippen molar-refractivity contribution in [3.63, 3.8) is 0 Å². The van der Waals surface area contributed by atoms with Gasteiger partial charge in [0.05, 0.1) is 7.11 Å². The van der Waals surface area contributed by atoms with Crippen LogP contribution in [0.2, 0.25) is 0 Å². The van der Waals surface area contributed by atoms with Crippen molar-refractivity contribution in [2.75, 3.05) is 13.7 Å². The lowest BCUT2D eigenvalue weighted by Gasteiger charge is -2.12. The van der Waals surface area contributed by atoms with Gasteiger partial charge in [0, 0.05) is 24.9 Å². The molecular weight excluding hydrogens is 380 g/mol. The molecule has 7 heteroatoms. The summed E-state index contributed by atoms with van der Waals surface area (Å²) in [6.07, 6.45) is 1.56. The Bertz CT molecular complexity index is 822. The number of carbonyl (C=O) groups is 2. The van der Waals surface area contributed by atoms with Gasteiger partial charge in [-0.2, -0.15) is 8.78 Å². The summed E-state index contributed by atoms with van der Waals surface area (Å²) in [6, 6.07) is 12.1.